The lowest BCUT2D eigenvalue weighted by Crippen LogP contribution is -2.30. The lowest BCUT2D eigenvalue weighted by molar-refractivity contribution is 0.0827. The number of likely N-dealkylation sites (N-methyl/N-ethyl adjacent to an activating group) is 1. The third kappa shape index (κ3) is 5.87. The zero-order valence-corrected chi connectivity index (χ0v) is 14.7. The van der Waals surface area contributed by atoms with Crippen molar-refractivity contribution < 1.29 is 14.6 Å². The summed E-state index contributed by atoms with van der Waals surface area (Å²) in [5.74, 6) is 1.72. The molecule has 0 aliphatic carbocycles. The lowest BCUT2D eigenvalue weighted by atomic mass is 10.0. The van der Waals surface area contributed by atoms with E-state index in [1.54, 1.807) is 7.11 Å². The Morgan fingerprint density at radius 3 is 2.58 bits per heavy atom. The highest BCUT2D eigenvalue weighted by Crippen LogP contribution is 2.21. The Labute approximate surface area is 144 Å². The van der Waals surface area contributed by atoms with Crippen LogP contribution in [0.15, 0.2) is 48.5 Å². The molecule has 1 N–H and O–H groups in total. The van der Waals surface area contributed by atoms with E-state index >= 15 is 0 Å². The molecule has 130 valence electrons. The van der Waals surface area contributed by atoms with Gasteiger partial charge in [0.15, 0.2) is 0 Å². The molecular formula is C20H27NO3. The molecule has 2 aromatic rings. The van der Waals surface area contributed by atoms with Crippen LogP contribution in [0.4, 0.5) is 0 Å². The van der Waals surface area contributed by atoms with Gasteiger partial charge in [0.2, 0.25) is 0 Å². The number of nitrogens with zero attached hydrogens (tertiary/aromatic N) is 1. The van der Waals surface area contributed by atoms with E-state index in [9.17, 15) is 5.11 Å². The van der Waals surface area contributed by atoms with Crippen LogP contribution >= 0.6 is 0 Å². The summed E-state index contributed by atoms with van der Waals surface area (Å²) in [5.41, 5.74) is 2.38. The Morgan fingerprint density at radius 1 is 1.04 bits per heavy atom. The molecule has 4 nitrogen and oxygen atoms in total. The Hall–Kier alpha value is -2.04. The molecule has 2 rings (SSSR count). The molecule has 24 heavy (non-hydrogen) atoms. The summed E-state index contributed by atoms with van der Waals surface area (Å²) in [6.45, 7) is 0.889. The maximum absolute atomic E-state index is 9.96. The number of aliphatic hydroxyl groups excluding tert-OH is 1. The highest BCUT2D eigenvalue weighted by molar-refractivity contribution is 5.35. The molecule has 0 amide bonds. The van der Waals surface area contributed by atoms with Crippen LogP contribution in [0, 0.1) is 0 Å². The molecule has 0 aliphatic heterocycles. The van der Waals surface area contributed by atoms with Gasteiger partial charge in [0.05, 0.1) is 7.11 Å². The molecule has 0 spiro atoms. The van der Waals surface area contributed by atoms with E-state index < -0.39 is 6.10 Å². The minimum atomic E-state index is -0.494. The largest absolute Gasteiger partial charge is 0.497 e. The average molecular weight is 329 g/mol. The van der Waals surface area contributed by atoms with Crippen LogP contribution in [0.2, 0.25) is 0 Å². The van der Waals surface area contributed by atoms with Crippen molar-refractivity contribution in [3.05, 3.63) is 59.7 Å². The molecule has 0 aromatic heterocycles. The summed E-state index contributed by atoms with van der Waals surface area (Å²) in [4.78, 5) is 1.95. The molecule has 0 saturated carbocycles. The fourth-order valence-corrected chi connectivity index (χ4v) is 2.62. The van der Waals surface area contributed by atoms with Crippen molar-refractivity contribution in [2.24, 2.45) is 0 Å². The number of aliphatic hydroxyl groups is 1. The van der Waals surface area contributed by atoms with E-state index in [0.717, 1.165) is 29.9 Å². The van der Waals surface area contributed by atoms with Crippen LogP contribution in [-0.4, -0.2) is 50.5 Å². The third-order valence-corrected chi connectivity index (χ3v) is 3.80. The van der Waals surface area contributed by atoms with Gasteiger partial charge in [0.25, 0.3) is 0 Å². The predicted octanol–water partition coefficient (Wildman–Crippen LogP) is 2.78. The van der Waals surface area contributed by atoms with Gasteiger partial charge in [-0.25, -0.2) is 0 Å². The smallest absolute Gasteiger partial charge is 0.122 e. The summed E-state index contributed by atoms with van der Waals surface area (Å²) in [6.07, 6.45) is 1.30. The monoisotopic (exact) mass is 329 g/mol. The molecule has 0 fully saturated rings. The zero-order valence-electron chi connectivity index (χ0n) is 14.7. The van der Waals surface area contributed by atoms with Gasteiger partial charge in [-0.1, -0.05) is 30.3 Å². The molecule has 0 unspecified atom stereocenters. The summed E-state index contributed by atoms with van der Waals surface area (Å²) in [7, 11) is 5.55. The van der Waals surface area contributed by atoms with E-state index in [4.69, 9.17) is 9.47 Å². The van der Waals surface area contributed by atoms with Crippen molar-refractivity contribution in [1.29, 1.82) is 0 Å². The predicted molar refractivity (Wildman–Crippen MR) is 96.9 cm³/mol. The van der Waals surface area contributed by atoms with Gasteiger partial charge in [0.1, 0.15) is 24.2 Å². The van der Waals surface area contributed by atoms with Gasteiger partial charge in [0, 0.05) is 6.54 Å². The Bertz CT molecular complexity index is 628. The fraction of sp³-hybridized carbons (Fsp3) is 0.400. The van der Waals surface area contributed by atoms with Crippen LogP contribution < -0.4 is 9.47 Å². The highest BCUT2D eigenvalue weighted by Gasteiger charge is 2.09. The lowest BCUT2D eigenvalue weighted by Gasteiger charge is -2.18. The molecule has 2 aromatic carbocycles. The van der Waals surface area contributed by atoms with Crippen molar-refractivity contribution in [2.75, 3.05) is 34.4 Å². The Morgan fingerprint density at radius 2 is 1.83 bits per heavy atom. The number of ether oxygens (including phenoxy) is 2. The maximum atomic E-state index is 9.96. The minimum absolute atomic E-state index is 0.300. The number of para-hydroxylation sites is 1. The SMILES string of the molecule is COc1cccc(CCc2ccccc2OC[C@H](O)CN(C)C)c1. The molecule has 0 heterocycles. The van der Waals surface area contributed by atoms with Gasteiger partial charge >= 0.3 is 0 Å². The zero-order chi connectivity index (χ0) is 17.4. The van der Waals surface area contributed by atoms with Crippen LogP contribution in [0.25, 0.3) is 0 Å². The highest BCUT2D eigenvalue weighted by atomic mass is 16.5. The van der Waals surface area contributed by atoms with Crippen molar-refractivity contribution >= 4 is 0 Å². The van der Waals surface area contributed by atoms with Crippen molar-refractivity contribution in [3.63, 3.8) is 0 Å². The van der Waals surface area contributed by atoms with E-state index in [1.807, 2.05) is 49.3 Å². The van der Waals surface area contributed by atoms with Crippen LogP contribution in [0.1, 0.15) is 11.1 Å². The normalized spacial score (nSPS) is 12.2. The van der Waals surface area contributed by atoms with Gasteiger partial charge in [-0.2, -0.15) is 0 Å². The Balaban J connectivity index is 1.95. The number of aryl methyl sites for hydroxylation is 2. The van der Waals surface area contributed by atoms with E-state index in [2.05, 4.69) is 18.2 Å². The van der Waals surface area contributed by atoms with Crippen LogP contribution in [-0.2, 0) is 12.8 Å². The standard InChI is InChI=1S/C20H27NO3/c1-21(2)14-18(22)15-24-20-10-5-4-8-17(20)12-11-16-7-6-9-19(13-16)23-3/h4-10,13,18,22H,11-12,14-15H2,1-3H3/t18-/m1/s1. The van der Waals surface area contributed by atoms with Crippen LogP contribution in [0.3, 0.4) is 0 Å². The first-order valence-electron chi connectivity index (χ1n) is 8.25. The number of hydrogen-bond acceptors (Lipinski definition) is 4. The summed E-state index contributed by atoms with van der Waals surface area (Å²) >= 11 is 0. The van der Waals surface area contributed by atoms with Crippen molar-refractivity contribution in [3.8, 4) is 11.5 Å². The second-order valence-electron chi connectivity index (χ2n) is 6.19. The minimum Gasteiger partial charge on any atom is -0.497 e. The molecule has 0 radical (unpaired) electrons. The second-order valence-corrected chi connectivity index (χ2v) is 6.19. The van der Waals surface area contributed by atoms with Gasteiger partial charge < -0.3 is 19.5 Å². The first kappa shape index (κ1) is 18.3. The molecule has 4 heteroatoms. The molecule has 0 aliphatic rings. The quantitative estimate of drug-likeness (QED) is 0.768. The molecule has 0 bridgehead atoms. The third-order valence-electron chi connectivity index (χ3n) is 3.80. The molecular weight excluding hydrogens is 302 g/mol. The number of benzene rings is 2. The second kappa shape index (κ2) is 9.30. The van der Waals surface area contributed by atoms with Gasteiger partial charge in [-0.05, 0) is 56.3 Å². The topological polar surface area (TPSA) is 41.9 Å². The van der Waals surface area contributed by atoms with E-state index in [1.165, 1.54) is 5.56 Å². The summed E-state index contributed by atoms with van der Waals surface area (Å²) in [5, 5.41) is 9.96. The fourth-order valence-electron chi connectivity index (χ4n) is 2.62. The number of methoxy groups -OCH3 is 1. The van der Waals surface area contributed by atoms with Gasteiger partial charge in [-0.3, -0.25) is 0 Å². The summed E-state index contributed by atoms with van der Waals surface area (Å²) < 4.78 is 11.1. The van der Waals surface area contributed by atoms with Gasteiger partial charge in [-0.15, -0.1) is 0 Å². The van der Waals surface area contributed by atoms with E-state index in [0.29, 0.717) is 13.2 Å². The number of hydrogen-bond donors (Lipinski definition) is 1. The first-order valence-corrected chi connectivity index (χ1v) is 8.25. The Kier molecular flexibility index (Phi) is 7.09. The average Bonchev–Trinajstić information content (AvgIpc) is 2.58. The molecule has 0 saturated heterocycles. The number of rotatable bonds is 9. The van der Waals surface area contributed by atoms with Crippen molar-refractivity contribution in [1.82, 2.24) is 4.90 Å². The molecule has 1 atom stereocenters. The summed E-state index contributed by atoms with van der Waals surface area (Å²) in [6, 6.07) is 16.1. The van der Waals surface area contributed by atoms with Crippen LogP contribution in [0.5, 0.6) is 11.5 Å². The van der Waals surface area contributed by atoms with E-state index in [-0.39, 0.29) is 0 Å². The van der Waals surface area contributed by atoms with Crippen molar-refractivity contribution in [2.45, 2.75) is 18.9 Å². The maximum Gasteiger partial charge on any atom is 0.122 e. The first-order chi connectivity index (χ1) is 11.6.